The van der Waals surface area contributed by atoms with Crippen molar-refractivity contribution in [3.05, 3.63) is 39.5 Å². The summed E-state index contributed by atoms with van der Waals surface area (Å²) in [6.45, 7) is 0. The van der Waals surface area contributed by atoms with Crippen molar-refractivity contribution in [2.75, 3.05) is 0 Å². The number of thiophene rings is 1. The standard InChI is InChI=1S/C11H7ClF2OS/c12-8-3-6(1-2-9(8)15)7-4-10(11(13)14)16-5-7/h1-5,11,15H. The second kappa shape index (κ2) is 4.39. The lowest BCUT2D eigenvalue weighted by molar-refractivity contribution is 0.155. The summed E-state index contributed by atoms with van der Waals surface area (Å²) < 4.78 is 24.8. The number of aromatic hydroxyl groups is 1. The third-order valence-electron chi connectivity index (χ3n) is 2.12. The van der Waals surface area contributed by atoms with Crippen LogP contribution in [-0.4, -0.2) is 5.11 Å². The maximum absolute atomic E-state index is 12.4. The SMILES string of the molecule is Oc1ccc(-c2csc(C(F)F)c2)cc1Cl. The van der Waals surface area contributed by atoms with Crippen LogP contribution in [0.2, 0.25) is 5.02 Å². The zero-order chi connectivity index (χ0) is 11.7. The first kappa shape index (κ1) is 11.4. The van der Waals surface area contributed by atoms with Gasteiger partial charge in [0, 0.05) is 0 Å². The summed E-state index contributed by atoms with van der Waals surface area (Å²) in [5.41, 5.74) is 1.40. The molecule has 84 valence electrons. The topological polar surface area (TPSA) is 20.2 Å². The van der Waals surface area contributed by atoms with Gasteiger partial charge in [-0.2, -0.15) is 0 Å². The largest absolute Gasteiger partial charge is 0.506 e. The minimum atomic E-state index is -2.45. The molecule has 16 heavy (non-hydrogen) atoms. The van der Waals surface area contributed by atoms with Crippen molar-refractivity contribution in [2.24, 2.45) is 0 Å². The van der Waals surface area contributed by atoms with Gasteiger partial charge < -0.3 is 5.11 Å². The highest BCUT2D eigenvalue weighted by Crippen LogP contribution is 2.34. The van der Waals surface area contributed by atoms with Gasteiger partial charge in [-0.25, -0.2) is 8.78 Å². The molecule has 0 fully saturated rings. The van der Waals surface area contributed by atoms with Crippen molar-refractivity contribution >= 4 is 22.9 Å². The Hall–Kier alpha value is -1.13. The van der Waals surface area contributed by atoms with Gasteiger partial charge in [0.1, 0.15) is 5.75 Å². The number of halogens is 3. The molecule has 2 aromatic rings. The first-order chi connectivity index (χ1) is 7.58. The minimum absolute atomic E-state index is 0.0188. The lowest BCUT2D eigenvalue weighted by atomic mass is 10.1. The van der Waals surface area contributed by atoms with E-state index in [1.807, 2.05) is 0 Å². The smallest absolute Gasteiger partial charge is 0.272 e. The summed E-state index contributed by atoms with van der Waals surface area (Å²) in [5.74, 6) is -0.0188. The molecule has 0 amide bonds. The van der Waals surface area contributed by atoms with Gasteiger partial charge in [-0.3, -0.25) is 0 Å². The minimum Gasteiger partial charge on any atom is -0.506 e. The zero-order valence-electron chi connectivity index (χ0n) is 7.95. The molecule has 0 saturated heterocycles. The third-order valence-corrected chi connectivity index (χ3v) is 3.36. The molecule has 5 heteroatoms. The van der Waals surface area contributed by atoms with Crippen molar-refractivity contribution in [3.63, 3.8) is 0 Å². The van der Waals surface area contributed by atoms with E-state index in [9.17, 15) is 13.9 Å². The highest BCUT2D eigenvalue weighted by Gasteiger charge is 2.11. The third kappa shape index (κ3) is 2.18. The van der Waals surface area contributed by atoms with Crippen LogP contribution < -0.4 is 0 Å². The van der Waals surface area contributed by atoms with Gasteiger partial charge in [0.05, 0.1) is 9.90 Å². The van der Waals surface area contributed by atoms with E-state index in [-0.39, 0.29) is 15.6 Å². The molecule has 1 aromatic heterocycles. The van der Waals surface area contributed by atoms with Crippen LogP contribution in [-0.2, 0) is 0 Å². The van der Waals surface area contributed by atoms with E-state index in [1.165, 1.54) is 12.1 Å². The van der Waals surface area contributed by atoms with Crippen molar-refractivity contribution in [1.82, 2.24) is 0 Å². The predicted octanol–water partition coefficient (Wildman–Crippen LogP) is 4.71. The normalized spacial score (nSPS) is 11.0. The van der Waals surface area contributed by atoms with Crippen molar-refractivity contribution in [3.8, 4) is 16.9 Å². The van der Waals surface area contributed by atoms with Crippen LogP contribution in [0.4, 0.5) is 8.78 Å². The Morgan fingerprint density at radius 1 is 1.19 bits per heavy atom. The molecule has 1 N–H and O–H groups in total. The van der Waals surface area contributed by atoms with Gasteiger partial charge in [-0.1, -0.05) is 17.7 Å². The molecular weight excluding hydrogens is 254 g/mol. The number of alkyl halides is 2. The second-order valence-electron chi connectivity index (χ2n) is 3.20. The molecule has 0 radical (unpaired) electrons. The number of benzene rings is 1. The molecule has 1 heterocycles. The number of hydrogen-bond donors (Lipinski definition) is 1. The van der Waals surface area contributed by atoms with E-state index in [0.29, 0.717) is 11.1 Å². The van der Waals surface area contributed by atoms with Gasteiger partial charge in [0.25, 0.3) is 6.43 Å². The summed E-state index contributed by atoms with van der Waals surface area (Å²) in [6, 6.07) is 6.06. The van der Waals surface area contributed by atoms with E-state index in [1.54, 1.807) is 17.5 Å². The molecule has 1 aromatic carbocycles. The molecule has 0 atom stereocenters. The van der Waals surface area contributed by atoms with Gasteiger partial charge >= 0.3 is 0 Å². The summed E-state index contributed by atoms with van der Waals surface area (Å²) >= 11 is 6.75. The van der Waals surface area contributed by atoms with Crippen molar-refractivity contribution in [1.29, 1.82) is 0 Å². The lowest BCUT2D eigenvalue weighted by Crippen LogP contribution is -1.77. The number of rotatable bonds is 2. The molecule has 1 nitrogen and oxygen atoms in total. The van der Waals surface area contributed by atoms with Gasteiger partial charge in [0.15, 0.2) is 0 Å². The van der Waals surface area contributed by atoms with Crippen LogP contribution in [0, 0.1) is 0 Å². The Morgan fingerprint density at radius 2 is 1.94 bits per heavy atom. The van der Waals surface area contributed by atoms with Crippen molar-refractivity contribution < 1.29 is 13.9 Å². The Balaban J connectivity index is 2.39. The molecule has 0 bridgehead atoms. The molecule has 0 spiro atoms. The molecule has 0 unspecified atom stereocenters. The van der Waals surface area contributed by atoms with Crippen molar-refractivity contribution in [2.45, 2.75) is 6.43 Å². The summed E-state index contributed by atoms with van der Waals surface area (Å²) in [6.07, 6.45) is -2.45. The Kier molecular flexibility index (Phi) is 3.12. The fraction of sp³-hybridized carbons (Fsp3) is 0.0909. The van der Waals surface area contributed by atoms with E-state index in [2.05, 4.69) is 0 Å². The van der Waals surface area contributed by atoms with E-state index in [4.69, 9.17) is 11.6 Å². The monoisotopic (exact) mass is 260 g/mol. The number of phenols is 1. The zero-order valence-corrected chi connectivity index (χ0v) is 9.53. The quantitative estimate of drug-likeness (QED) is 0.829. The Labute approximate surface area is 99.9 Å². The predicted molar refractivity (Wildman–Crippen MR) is 61.4 cm³/mol. The average molecular weight is 261 g/mol. The van der Waals surface area contributed by atoms with E-state index >= 15 is 0 Å². The van der Waals surface area contributed by atoms with Crippen LogP contribution in [0.5, 0.6) is 5.75 Å². The maximum Gasteiger partial charge on any atom is 0.272 e. The average Bonchev–Trinajstić information content (AvgIpc) is 2.71. The summed E-state index contributed by atoms with van der Waals surface area (Å²) in [5, 5.41) is 11.1. The number of phenolic OH excluding ortho intramolecular Hbond substituents is 1. The maximum atomic E-state index is 12.4. The Morgan fingerprint density at radius 3 is 2.50 bits per heavy atom. The van der Waals surface area contributed by atoms with E-state index < -0.39 is 6.43 Å². The molecule has 0 saturated carbocycles. The fourth-order valence-corrected chi connectivity index (χ4v) is 2.25. The van der Waals surface area contributed by atoms with Crippen LogP contribution in [0.25, 0.3) is 11.1 Å². The second-order valence-corrected chi connectivity index (χ2v) is 4.55. The van der Waals surface area contributed by atoms with Crippen LogP contribution >= 0.6 is 22.9 Å². The molecule has 0 aliphatic heterocycles. The van der Waals surface area contributed by atoms with Crippen LogP contribution in [0.1, 0.15) is 11.3 Å². The first-order valence-corrected chi connectivity index (χ1v) is 5.69. The van der Waals surface area contributed by atoms with Gasteiger partial charge in [-0.05, 0) is 34.7 Å². The fourth-order valence-electron chi connectivity index (χ4n) is 1.31. The molecule has 2 rings (SSSR count). The Bertz CT molecular complexity index is 510. The van der Waals surface area contributed by atoms with Gasteiger partial charge in [0.2, 0.25) is 0 Å². The van der Waals surface area contributed by atoms with Crippen LogP contribution in [0.3, 0.4) is 0 Å². The molecule has 0 aliphatic rings. The van der Waals surface area contributed by atoms with E-state index in [0.717, 1.165) is 11.3 Å². The first-order valence-electron chi connectivity index (χ1n) is 4.43. The summed E-state index contributed by atoms with van der Waals surface area (Å²) in [4.78, 5) is 0.0270. The van der Waals surface area contributed by atoms with Crippen LogP contribution in [0.15, 0.2) is 29.6 Å². The van der Waals surface area contributed by atoms with Gasteiger partial charge in [-0.15, -0.1) is 11.3 Å². The molecular formula is C11H7ClF2OS. The molecule has 0 aliphatic carbocycles. The highest BCUT2D eigenvalue weighted by atomic mass is 35.5. The number of hydrogen-bond acceptors (Lipinski definition) is 2. The highest BCUT2D eigenvalue weighted by molar-refractivity contribution is 7.10. The lowest BCUT2D eigenvalue weighted by Gasteiger charge is -2.00. The summed E-state index contributed by atoms with van der Waals surface area (Å²) in [7, 11) is 0.